The summed E-state index contributed by atoms with van der Waals surface area (Å²) in [5.74, 6) is 0. The molecular weight excluding hydrogens is 220 g/mol. The maximum absolute atomic E-state index is 6.40. The van der Waals surface area contributed by atoms with E-state index in [0.29, 0.717) is 12.1 Å². The first-order valence-corrected chi connectivity index (χ1v) is 7.39. The molecule has 1 saturated carbocycles. The van der Waals surface area contributed by atoms with Gasteiger partial charge in [-0.3, -0.25) is 4.90 Å². The predicted octanol–water partition coefficient (Wildman–Crippen LogP) is 2.88. The maximum atomic E-state index is 6.40. The van der Waals surface area contributed by atoms with Gasteiger partial charge >= 0.3 is 0 Å². The maximum Gasteiger partial charge on any atom is 0.0502 e. The second-order valence-electron chi connectivity index (χ2n) is 5.82. The Morgan fingerprint density at radius 3 is 2.50 bits per heavy atom. The van der Waals surface area contributed by atoms with E-state index in [2.05, 4.69) is 36.1 Å². The van der Waals surface area contributed by atoms with Gasteiger partial charge < -0.3 is 5.73 Å². The van der Waals surface area contributed by atoms with E-state index in [4.69, 9.17) is 5.73 Å². The summed E-state index contributed by atoms with van der Waals surface area (Å²) in [6.45, 7) is 3.44. The van der Waals surface area contributed by atoms with Crippen molar-refractivity contribution in [1.29, 1.82) is 0 Å². The molecule has 1 aromatic rings. The van der Waals surface area contributed by atoms with Crippen molar-refractivity contribution in [3.05, 3.63) is 35.4 Å². The molecule has 0 amide bonds. The molecule has 1 heterocycles. The van der Waals surface area contributed by atoms with Crippen molar-refractivity contribution in [3.8, 4) is 0 Å². The zero-order valence-corrected chi connectivity index (χ0v) is 11.3. The molecule has 2 aliphatic rings. The van der Waals surface area contributed by atoms with Crippen molar-refractivity contribution in [2.75, 3.05) is 6.54 Å². The van der Waals surface area contributed by atoms with Crippen LogP contribution < -0.4 is 5.73 Å². The number of likely N-dealkylation sites (tertiary alicyclic amines) is 1. The van der Waals surface area contributed by atoms with Crippen LogP contribution in [0.3, 0.4) is 0 Å². The summed E-state index contributed by atoms with van der Waals surface area (Å²) in [7, 11) is 0. The number of nitrogens with zero attached hydrogens (tertiary/aromatic N) is 1. The fourth-order valence-electron chi connectivity index (χ4n) is 3.26. The van der Waals surface area contributed by atoms with Crippen molar-refractivity contribution in [3.63, 3.8) is 0 Å². The molecular formula is C16H24N2. The van der Waals surface area contributed by atoms with Crippen LogP contribution in [-0.2, 0) is 6.42 Å². The van der Waals surface area contributed by atoms with Crippen molar-refractivity contribution in [2.45, 2.75) is 57.2 Å². The number of aryl methyl sites for hydroxylation is 1. The summed E-state index contributed by atoms with van der Waals surface area (Å²) >= 11 is 0. The lowest BCUT2D eigenvalue weighted by Crippen LogP contribution is -2.46. The predicted molar refractivity (Wildman–Crippen MR) is 75.5 cm³/mol. The largest absolute Gasteiger partial charge is 0.326 e. The summed E-state index contributed by atoms with van der Waals surface area (Å²) in [5, 5.41) is 0. The van der Waals surface area contributed by atoms with Crippen LogP contribution >= 0.6 is 0 Å². The van der Waals surface area contributed by atoms with Gasteiger partial charge in [0.1, 0.15) is 0 Å². The van der Waals surface area contributed by atoms with Crippen molar-refractivity contribution in [2.24, 2.45) is 5.73 Å². The fourth-order valence-corrected chi connectivity index (χ4v) is 3.26. The van der Waals surface area contributed by atoms with Gasteiger partial charge in [0.15, 0.2) is 0 Å². The summed E-state index contributed by atoms with van der Waals surface area (Å²) < 4.78 is 0. The Morgan fingerprint density at radius 1 is 1.17 bits per heavy atom. The van der Waals surface area contributed by atoms with Crippen molar-refractivity contribution < 1.29 is 0 Å². The van der Waals surface area contributed by atoms with Gasteiger partial charge in [-0.2, -0.15) is 0 Å². The topological polar surface area (TPSA) is 29.3 Å². The molecule has 2 atom stereocenters. The molecule has 2 heteroatoms. The second kappa shape index (κ2) is 5.02. The monoisotopic (exact) mass is 244 g/mol. The van der Waals surface area contributed by atoms with Crippen LogP contribution in [0.15, 0.2) is 24.3 Å². The molecule has 0 bridgehead atoms. The van der Waals surface area contributed by atoms with E-state index in [1.54, 1.807) is 0 Å². The van der Waals surface area contributed by atoms with E-state index in [1.807, 2.05) is 0 Å². The SMILES string of the molecule is CCc1ccc(C2C(N)CCCN2C2CC2)cc1. The molecule has 2 fully saturated rings. The second-order valence-corrected chi connectivity index (χ2v) is 5.82. The smallest absolute Gasteiger partial charge is 0.0502 e. The van der Waals surface area contributed by atoms with Gasteiger partial charge in [-0.1, -0.05) is 31.2 Å². The van der Waals surface area contributed by atoms with E-state index in [1.165, 1.54) is 43.4 Å². The molecule has 0 radical (unpaired) electrons. The number of benzene rings is 1. The summed E-state index contributed by atoms with van der Waals surface area (Å²) in [6, 6.07) is 10.7. The van der Waals surface area contributed by atoms with Crippen LogP contribution in [0.5, 0.6) is 0 Å². The number of rotatable bonds is 3. The normalized spacial score (nSPS) is 29.4. The molecule has 1 aliphatic heterocycles. The molecule has 1 aromatic carbocycles. The average molecular weight is 244 g/mol. The van der Waals surface area contributed by atoms with E-state index in [0.717, 1.165) is 12.5 Å². The van der Waals surface area contributed by atoms with E-state index < -0.39 is 0 Å². The minimum Gasteiger partial charge on any atom is -0.326 e. The molecule has 2 N–H and O–H groups in total. The fraction of sp³-hybridized carbons (Fsp3) is 0.625. The van der Waals surface area contributed by atoms with E-state index in [9.17, 15) is 0 Å². The molecule has 98 valence electrons. The lowest BCUT2D eigenvalue weighted by Gasteiger charge is -2.40. The zero-order chi connectivity index (χ0) is 12.5. The van der Waals surface area contributed by atoms with Crippen molar-refractivity contribution in [1.82, 2.24) is 4.90 Å². The Hall–Kier alpha value is -0.860. The third kappa shape index (κ3) is 2.32. The van der Waals surface area contributed by atoms with Crippen LogP contribution in [0.2, 0.25) is 0 Å². The first-order valence-electron chi connectivity index (χ1n) is 7.39. The van der Waals surface area contributed by atoms with E-state index >= 15 is 0 Å². The van der Waals surface area contributed by atoms with Gasteiger partial charge in [-0.05, 0) is 49.8 Å². The van der Waals surface area contributed by atoms with Crippen molar-refractivity contribution >= 4 is 0 Å². The summed E-state index contributed by atoms with van der Waals surface area (Å²) in [4.78, 5) is 2.66. The number of nitrogens with two attached hydrogens (primary N) is 1. The first kappa shape index (κ1) is 12.2. The highest BCUT2D eigenvalue weighted by Crippen LogP contribution is 2.39. The van der Waals surface area contributed by atoms with Gasteiger partial charge in [0, 0.05) is 12.1 Å². The highest BCUT2D eigenvalue weighted by atomic mass is 15.2. The van der Waals surface area contributed by atoms with Crippen LogP contribution in [0.1, 0.15) is 49.8 Å². The molecule has 0 spiro atoms. The Kier molecular flexibility index (Phi) is 3.40. The standard InChI is InChI=1S/C16H24N2/c1-2-12-5-7-13(8-6-12)16-15(17)4-3-11-18(16)14-9-10-14/h5-8,14-16H,2-4,9-11,17H2,1H3. The summed E-state index contributed by atoms with van der Waals surface area (Å²) in [6.07, 6.45) is 6.29. The van der Waals surface area contributed by atoms with Crippen LogP contribution in [0.25, 0.3) is 0 Å². The lowest BCUT2D eigenvalue weighted by molar-refractivity contribution is 0.120. The Bertz CT molecular complexity index is 394. The first-order chi connectivity index (χ1) is 8.79. The number of hydrogen-bond donors (Lipinski definition) is 1. The van der Waals surface area contributed by atoms with Gasteiger partial charge in [0.25, 0.3) is 0 Å². The molecule has 2 nitrogen and oxygen atoms in total. The molecule has 1 saturated heterocycles. The summed E-state index contributed by atoms with van der Waals surface area (Å²) in [5.41, 5.74) is 9.24. The molecule has 1 aliphatic carbocycles. The third-order valence-electron chi connectivity index (χ3n) is 4.46. The van der Waals surface area contributed by atoms with Gasteiger partial charge in [0.2, 0.25) is 0 Å². The van der Waals surface area contributed by atoms with Gasteiger partial charge in [-0.25, -0.2) is 0 Å². The Labute approximate surface area is 110 Å². The Morgan fingerprint density at radius 2 is 1.89 bits per heavy atom. The van der Waals surface area contributed by atoms with Crippen LogP contribution in [0, 0.1) is 0 Å². The molecule has 2 unspecified atom stereocenters. The molecule has 3 rings (SSSR count). The van der Waals surface area contributed by atoms with Gasteiger partial charge in [-0.15, -0.1) is 0 Å². The minimum atomic E-state index is 0.312. The molecule has 18 heavy (non-hydrogen) atoms. The average Bonchev–Trinajstić information content (AvgIpc) is 3.23. The minimum absolute atomic E-state index is 0.312. The highest BCUT2D eigenvalue weighted by molar-refractivity contribution is 5.27. The zero-order valence-electron chi connectivity index (χ0n) is 11.3. The lowest BCUT2D eigenvalue weighted by atomic mass is 9.90. The van der Waals surface area contributed by atoms with Crippen LogP contribution in [-0.4, -0.2) is 23.5 Å². The molecule has 0 aromatic heterocycles. The third-order valence-corrected chi connectivity index (χ3v) is 4.46. The van der Waals surface area contributed by atoms with Crippen LogP contribution in [0.4, 0.5) is 0 Å². The number of hydrogen-bond acceptors (Lipinski definition) is 2. The Balaban J connectivity index is 1.85. The quantitative estimate of drug-likeness (QED) is 0.886. The van der Waals surface area contributed by atoms with Gasteiger partial charge in [0.05, 0.1) is 6.04 Å². The van der Waals surface area contributed by atoms with E-state index in [-0.39, 0.29) is 0 Å². The number of piperidine rings is 1. The highest BCUT2D eigenvalue weighted by Gasteiger charge is 2.39.